The molecular weight excluding hydrogens is 845 g/mol. The van der Waals surface area contributed by atoms with Crippen LogP contribution in [0.4, 0.5) is 11.9 Å². The normalized spacial score (nSPS) is 22.4. The van der Waals surface area contributed by atoms with Gasteiger partial charge in [0.2, 0.25) is 5.95 Å². The van der Waals surface area contributed by atoms with Gasteiger partial charge in [0, 0.05) is 37.2 Å². The summed E-state index contributed by atoms with van der Waals surface area (Å²) in [6, 6.07) is 0. The Kier molecular flexibility index (Phi) is 18.2. The Bertz CT molecular complexity index is 2070. The molecule has 6 rings (SSSR count). The monoisotopic (exact) mass is 898 g/mol. The summed E-state index contributed by atoms with van der Waals surface area (Å²) >= 11 is 5.16. The third kappa shape index (κ3) is 12.8. The largest absolute Gasteiger partial charge is 0.460 e. The van der Waals surface area contributed by atoms with E-state index in [0.29, 0.717) is 50.3 Å². The van der Waals surface area contributed by atoms with Crippen molar-refractivity contribution >= 4 is 107 Å². The van der Waals surface area contributed by atoms with Crippen LogP contribution in [-0.2, 0) is 28.5 Å². The second-order valence-electron chi connectivity index (χ2n) is 13.5. The van der Waals surface area contributed by atoms with Gasteiger partial charge in [-0.2, -0.15) is 4.98 Å². The fourth-order valence-electron chi connectivity index (χ4n) is 5.89. The van der Waals surface area contributed by atoms with Crippen molar-refractivity contribution in [3.63, 3.8) is 0 Å². The number of carbonyl (C=O) groups excluding carboxylic acids is 2. The Hall–Kier alpha value is -3.35. The molecule has 58 heavy (non-hydrogen) atoms. The molecular formula is C35H54N12O6S5. The number of esters is 2. The standard InChI is InChI=1S/C17H25N5O3S2.C13H17N5O3S.C5H12N2S2/c1-5-9(3)26-27-16-14-15(20-17(18)21-16)22(8-19-14)13-7-12(24-10(4)23)11(6-2)25-13;1-3-7-8(20-6(2)19)4-9(21-7)18-5-15-10-11(18)16-13(14)17-12(10)22;1-3-4(2)8-9-5(6)7/h8-9,11-13H,5-7H2,1-4H3,(H2,18,20,21);5,7-9H,3-4H2,1-2H3,(H3,14,16,17,22);4H,3H2,1-2H3,(H3,6,7)/t9?,11-,12+,13?;7-,8+,9?;/m11./s1. The van der Waals surface area contributed by atoms with Crippen LogP contribution in [0.3, 0.4) is 0 Å². The van der Waals surface area contributed by atoms with Gasteiger partial charge in [0.1, 0.15) is 46.4 Å². The summed E-state index contributed by atoms with van der Waals surface area (Å²) in [7, 11) is 6.30. The van der Waals surface area contributed by atoms with Gasteiger partial charge in [-0.05, 0) is 47.3 Å². The highest BCUT2D eigenvalue weighted by Gasteiger charge is 2.39. The van der Waals surface area contributed by atoms with Crippen LogP contribution in [0.15, 0.2) is 17.7 Å². The highest BCUT2D eigenvalue weighted by atomic mass is 33.1. The Balaban J connectivity index is 0.000000215. The molecule has 0 aromatic carbocycles. The molecule has 8 atom stereocenters. The topological polar surface area (TPSA) is 263 Å². The number of anilines is 2. The fourth-order valence-corrected chi connectivity index (χ4v) is 10.0. The average molecular weight is 899 g/mol. The first-order chi connectivity index (χ1) is 27.6. The summed E-state index contributed by atoms with van der Waals surface area (Å²) in [5.74, 6) is -0.180. The van der Waals surface area contributed by atoms with Crippen LogP contribution in [0, 0.1) is 10.0 Å². The number of hydrogen-bond acceptors (Lipinski definition) is 19. The first kappa shape index (κ1) is 47.3. The number of hydrogen-bond donors (Lipinski definition) is 5. The van der Waals surface area contributed by atoms with E-state index in [1.807, 2.05) is 23.0 Å². The number of aromatic amines is 1. The van der Waals surface area contributed by atoms with E-state index in [0.717, 1.165) is 30.7 Å². The summed E-state index contributed by atoms with van der Waals surface area (Å²) < 4.78 is 26.9. The third-order valence-corrected chi connectivity index (χ3v) is 15.0. The number of amidine groups is 1. The van der Waals surface area contributed by atoms with E-state index < -0.39 is 0 Å². The molecule has 6 heterocycles. The van der Waals surface area contributed by atoms with Gasteiger partial charge >= 0.3 is 11.9 Å². The number of fused-ring (bicyclic) bond motifs is 2. The second kappa shape index (κ2) is 22.3. The van der Waals surface area contributed by atoms with E-state index in [1.54, 1.807) is 45.0 Å². The molecule has 0 radical (unpaired) electrons. The van der Waals surface area contributed by atoms with E-state index in [9.17, 15) is 9.59 Å². The Morgan fingerprint density at radius 3 is 1.97 bits per heavy atom. The van der Waals surface area contributed by atoms with Crippen LogP contribution in [-0.4, -0.2) is 91.1 Å². The van der Waals surface area contributed by atoms with Gasteiger partial charge in [-0.15, -0.1) is 0 Å². The van der Waals surface area contributed by atoms with Gasteiger partial charge in [0.05, 0.1) is 24.9 Å². The number of rotatable bonds is 13. The molecule has 2 aliphatic heterocycles. The minimum absolute atomic E-state index is 0.145. The number of nitrogens with one attached hydrogen (secondary N) is 2. The number of nitrogen functional groups attached to an aromatic ring is 2. The molecule has 0 saturated carbocycles. The SMILES string of the molecule is CCC(C)SSC(=N)N.CCC(C)SSc1nc(N)nc2c1ncn2C1C[C@H](OC(C)=O)[C@@H](CC)O1.CC[C@H]1OC(n2cnc3c(=S)nc(N)[nH]c32)C[C@@H]1OC(C)=O. The third-order valence-electron chi connectivity index (χ3n) is 9.04. The van der Waals surface area contributed by atoms with Crippen LogP contribution >= 0.6 is 55.4 Å². The van der Waals surface area contributed by atoms with Crippen molar-refractivity contribution in [2.75, 3.05) is 11.5 Å². The lowest BCUT2D eigenvalue weighted by molar-refractivity contribution is -0.150. The molecule has 2 saturated heterocycles. The minimum Gasteiger partial charge on any atom is -0.460 e. The van der Waals surface area contributed by atoms with Crippen LogP contribution in [0.1, 0.15) is 106 Å². The van der Waals surface area contributed by atoms with Crippen LogP contribution in [0.5, 0.6) is 0 Å². The first-order valence-electron chi connectivity index (χ1n) is 19.0. The lowest BCUT2D eigenvalue weighted by Gasteiger charge is -2.16. The van der Waals surface area contributed by atoms with E-state index in [1.165, 1.54) is 24.6 Å². The molecule has 0 amide bonds. The zero-order valence-electron chi connectivity index (χ0n) is 33.9. The van der Waals surface area contributed by atoms with Crippen LogP contribution in [0.2, 0.25) is 0 Å². The maximum absolute atomic E-state index is 11.4. The summed E-state index contributed by atoms with van der Waals surface area (Å²) in [6.45, 7) is 15.4. The van der Waals surface area contributed by atoms with Crippen molar-refractivity contribution in [2.45, 2.75) is 146 Å². The maximum atomic E-state index is 11.4. The van der Waals surface area contributed by atoms with Gasteiger partial charge in [-0.3, -0.25) is 24.1 Å². The zero-order valence-corrected chi connectivity index (χ0v) is 38.0. The summed E-state index contributed by atoms with van der Waals surface area (Å²) in [5, 5.41) is 8.92. The number of aromatic nitrogens is 8. The Morgan fingerprint density at radius 1 is 0.897 bits per heavy atom. The highest BCUT2D eigenvalue weighted by molar-refractivity contribution is 8.82. The number of H-pyrrole nitrogens is 1. The average Bonchev–Trinajstić information content (AvgIpc) is 3.97. The summed E-state index contributed by atoms with van der Waals surface area (Å²) in [5.41, 5.74) is 19.3. The quantitative estimate of drug-likeness (QED) is 0.0219. The van der Waals surface area contributed by atoms with E-state index in [4.69, 9.17) is 53.8 Å². The number of carbonyl (C=O) groups is 2. The number of nitrogens with zero attached hydrogens (tertiary/aromatic N) is 7. The van der Waals surface area contributed by atoms with Crippen molar-refractivity contribution in [1.82, 2.24) is 39.0 Å². The van der Waals surface area contributed by atoms with Crippen LogP contribution < -0.4 is 17.2 Å². The van der Waals surface area contributed by atoms with E-state index in [-0.39, 0.29) is 65.9 Å². The molecule has 18 nitrogen and oxygen atoms in total. The Morgan fingerprint density at radius 2 is 1.43 bits per heavy atom. The summed E-state index contributed by atoms with van der Waals surface area (Å²) in [6.07, 6.45) is 6.69. The summed E-state index contributed by atoms with van der Waals surface area (Å²) in [4.78, 5) is 47.0. The molecule has 4 aromatic rings. The number of imidazole rings is 2. The number of ether oxygens (including phenoxy) is 4. The zero-order chi connectivity index (χ0) is 42.7. The predicted octanol–water partition coefficient (Wildman–Crippen LogP) is 7.34. The van der Waals surface area contributed by atoms with Gasteiger partial charge in [0.15, 0.2) is 21.4 Å². The van der Waals surface area contributed by atoms with Gasteiger partial charge in [-0.25, -0.2) is 19.9 Å². The van der Waals surface area contributed by atoms with Crippen molar-refractivity contribution < 1.29 is 28.5 Å². The second-order valence-corrected chi connectivity index (χ2v) is 19.2. The van der Waals surface area contributed by atoms with Crippen molar-refractivity contribution in [1.29, 1.82) is 5.41 Å². The van der Waals surface area contributed by atoms with E-state index in [2.05, 4.69) is 57.6 Å². The molecule has 0 spiro atoms. The van der Waals surface area contributed by atoms with Crippen molar-refractivity contribution in [2.24, 2.45) is 5.73 Å². The minimum atomic E-state index is -0.309. The molecule has 8 N–H and O–H groups in total. The van der Waals surface area contributed by atoms with Crippen molar-refractivity contribution in [3.05, 3.63) is 17.3 Å². The molecule has 4 aromatic heterocycles. The first-order valence-corrected chi connectivity index (χ1v) is 23.8. The molecule has 320 valence electrons. The van der Waals surface area contributed by atoms with Crippen molar-refractivity contribution in [3.8, 4) is 0 Å². The lowest BCUT2D eigenvalue weighted by atomic mass is 10.1. The smallest absolute Gasteiger partial charge is 0.302 e. The predicted molar refractivity (Wildman–Crippen MR) is 236 cm³/mol. The Labute approximate surface area is 358 Å². The molecule has 2 aliphatic rings. The highest BCUT2D eigenvalue weighted by Crippen LogP contribution is 2.40. The number of nitrogens with two attached hydrogens (primary N) is 3. The van der Waals surface area contributed by atoms with E-state index >= 15 is 0 Å². The maximum Gasteiger partial charge on any atom is 0.302 e. The van der Waals surface area contributed by atoms with Crippen LogP contribution in [0.25, 0.3) is 22.3 Å². The fraction of sp³-hybridized carbons (Fsp3) is 0.629. The molecule has 23 heteroatoms. The molecule has 0 aliphatic carbocycles. The van der Waals surface area contributed by atoms with Gasteiger partial charge in [0.25, 0.3) is 0 Å². The molecule has 2 fully saturated rings. The van der Waals surface area contributed by atoms with Gasteiger partial charge in [-0.1, -0.05) is 75.3 Å². The van der Waals surface area contributed by atoms with Gasteiger partial charge < -0.3 is 41.1 Å². The molecule has 0 bridgehead atoms. The lowest BCUT2D eigenvalue weighted by Crippen LogP contribution is -2.25. The molecule has 4 unspecified atom stereocenters.